The molecular weight excluding hydrogens is 453 g/mol. The smallest absolute Gasteiger partial charge is 0.254 e. The van der Waals surface area contributed by atoms with Gasteiger partial charge in [-0.3, -0.25) is 4.79 Å². The zero-order valence-electron chi connectivity index (χ0n) is 20.2. The minimum atomic E-state index is -0.249. The highest BCUT2D eigenvalue weighted by Gasteiger charge is 2.24. The molecule has 1 unspecified atom stereocenters. The number of amides is 1. The standard InChI is InChI=1S/C29H28FN5O/c1-19-28(32-27-16-22(11-13-34(19)27)29(36)33-12-5-9-24(31)18-33)26-15-21-7-2-3-10-25(21)35(26)17-20-6-4-8-23(30)14-20/h2-4,6-8,10-11,13-16,24H,5,9,12,17-18,31H2,1H3. The molecule has 0 radical (unpaired) electrons. The van der Waals surface area contributed by atoms with Crippen LogP contribution in [0.1, 0.15) is 34.5 Å². The average molecular weight is 482 g/mol. The Kier molecular flexibility index (Phi) is 5.57. The maximum Gasteiger partial charge on any atom is 0.254 e. The number of likely N-dealkylation sites (tertiary alicyclic amines) is 1. The highest BCUT2D eigenvalue weighted by atomic mass is 19.1. The average Bonchev–Trinajstić information content (AvgIpc) is 3.40. The molecule has 7 heteroatoms. The van der Waals surface area contributed by atoms with E-state index in [0.717, 1.165) is 58.6 Å². The molecule has 0 saturated carbocycles. The number of imidazole rings is 1. The first-order valence-electron chi connectivity index (χ1n) is 12.3. The Balaban J connectivity index is 1.43. The number of piperidine rings is 1. The van der Waals surface area contributed by atoms with E-state index in [1.54, 1.807) is 12.1 Å². The van der Waals surface area contributed by atoms with Crippen molar-refractivity contribution in [3.05, 3.63) is 95.6 Å². The lowest BCUT2D eigenvalue weighted by atomic mass is 10.1. The van der Waals surface area contributed by atoms with Crippen molar-refractivity contribution in [3.8, 4) is 11.4 Å². The van der Waals surface area contributed by atoms with Crippen molar-refractivity contribution in [1.29, 1.82) is 0 Å². The summed E-state index contributed by atoms with van der Waals surface area (Å²) >= 11 is 0. The number of hydrogen-bond donors (Lipinski definition) is 1. The molecule has 6 nitrogen and oxygen atoms in total. The van der Waals surface area contributed by atoms with Gasteiger partial charge in [0.15, 0.2) is 0 Å². The van der Waals surface area contributed by atoms with E-state index in [1.807, 2.05) is 52.8 Å². The second-order valence-corrected chi connectivity index (χ2v) is 9.65. The molecule has 5 aromatic rings. The Morgan fingerprint density at radius 2 is 1.97 bits per heavy atom. The van der Waals surface area contributed by atoms with E-state index in [1.165, 1.54) is 6.07 Å². The number of hydrogen-bond acceptors (Lipinski definition) is 3. The summed E-state index contributed by atoms with van der Waals surface area (Å²) in [6, 6.07) is 20.7. The van der Waals surface area contributed by atoms with Crippen molar-refractivity contribution in [1.82, 2.24) is 18.9 Å². The van der Waals surface area contributed by atoms with Gasteiger partial charge in [0.25, 0.3) is 5.91 Å². The lowest BCUT2D eigenvalue weighted by Gasteiger charge is -2.30. The van der Waals surface area contributed by atoms with Crippen molar-refractivity contribution in [2.45, 2.75) is 32.4 Å². The van der Waals surface area contributed by atoms with E-state index < -0.39 is 0 Å². The molecule has 0 aliphatic carbocycles. The lowest BCUT2D eigenvalue weighted by Crippen LogP contribution is -2.45. The third-order valence-corrected chi connectivity index (χ3v) is 7.14. The van der Waals surface area contributed by atoms with Gasteiger partial charge in [0, 0.05) is 54.0 Å². The first-order chi connectivity index (χ1) is 17.5. The molecule has 182 valence electrons. The fraction of sp³-hybridized carbons (Fsp3) is 0.241. The van der Waals surface area contributed by atoms with Crippen LogP contribution in [0.2, 0.25) is 0 Å². The Bertz CT molecular complexity index is 1600. The van der Waals surface area contributed by atoms with Crippen LogP contribution in [-0.4, -0.2) is 43.9 Å². The first-order valence-corrected chi connectivity index (χ1v) is 12.3. The highest BCUT2D eigenvalue weighted by Crippen LogP contribution is 2.31. The summed E-state index contributed by atoms with van der Waals surface area (Å²) in [7, 11) is 0. The highest BCUT2D eigenvalue weighted by molar-refractivity contribution is 5.95. The number of carbonyl (C=O) groups excluding carboxylic acids is 1. The Hall–Kier alpha value is -3.97. The number of para-hydroxylation sites is 1. The summed E-state index contributed by atoms with van der Waals surface area (Å²) in [6.07, 6.45) is 3.80. The Morgan fingerprint density at radius 1 is 1.11 bits per heavy atom. The molecule has 1 fully saturated rings. The molecule has 2 N–H and O–H groups in total. The number of rotatable bonds is 4. The van der Waals surface area contributed by atoms with Crippen LogP contribution in [-0.2, 0) is 6.54 Å². The van der Waals surface area contributed by atoms with E-state index in [9.17, 15) is 9.18 Å². The minimum absolute atomic E-state index is 0.00456. The van der Waals surface area contributed by atoms with E-state index in [-0.39, 0.29) is 17.8 Å². The second-order valence-electron chi connectivity index (χ2n) is 9.65. The van der Waals surface area contributed by atoms with Crippen LogP contribution in [0.25, 0.3) is 27.9 Å². The fourth-order valence-corrected chi connectivity index (χ4v) is 5.31. The number of aromatic nitrogens is 3. The molecule has 0 bridgehead atoms. The number of nitrogens with zero attached hydrogens (tertiary/aromatic N) is 4. The van der Waals surface area contributed by atoms with Crippen molar-refractivity contribution >= 4 is 22.5 Å². The van der Waals surface area contributed by atoms with E-state index in [0.29, 0.717) is 18.7 Å². The third-order valence-electron chi connectivity index (χ3n) is 7.14. The van der Waals surface area contributed by atoms with Crippen molar-refractivity contribution in [2.24, 2.45) is 5.73 Å². The van der Waals surface area contributed by atoms with Gasteiger partial charge in [-0.2, -0.15) is 0 Å². The number of fused-ring (bicyclic) bond motifs is 2. The zero-order valence-corrected chi connectivity index (χ0v) is 20.2. The molecule has 1 aliphatic heterocycles. The van der Waals surface area contributed by atoms with Crippen LogP contribution >= 0.6 is 0 Å². The van der Waals surface area contributed by atoms with Gasteiger partial charge in [-0.1, -0.05) is 30.3 Å². The van der Waals surface area contributed by atoms with Gasteiger partial charge < -0.3 is 19.6 Å². The topological polar surface area (TPSA) is 68.6 Å². The maximum atomic E-state index is 13.9. The third kappa shape index (κ3) is 3.95. The van der Waals surface area contributed by atoms with Crippen LogP contribution in [0, 0.1) is 12.7 Å². The number of aryl methyl sites for hydroxylation is 1. The number of pyridine rings is 1. The molecule has 1 atom stereocenters. The van der Waals surface area contributed by atoms with Crippen molar-refractivity contribution in [3.63, 3.8) is 0 Å². The molecule has 1 aliphatic rings. The van der Waals surface area contributed by atoms with Gasteiger partial charge in [0.05, 0.1) is 5.69 Å². The number of halogens is 1. The summed E-state index contributed by atoms with van der Waals surface area (Å²) in [6.45, 7) is 3.87. The van der Waals surface area contributed by atoms with Crippen LogP contribution in [0.4, 0.5) is 4.39 Å². The molecule has 3 aromatic heterocycles. The Labute approximate surface area is 208 Å². The van der Waals surface area contributed by atoms with E-state index >= 15 is 0 Å². The summed E-state index contributed by atoms with van der Waals surface area (Å²) in [5.41, 5.74) is 12.1. The molecule has 1 amide bonds. The summed E-state index contributed by atoms with van der Waals surface area (Å²) < 4.78 is 18.1. The van der Waals surface area contributed by atoms with Crippen LogP contribution in [0.5, 0.6) is 0 Å². The second kappa shape index (κ2) is 8.91. The van der Waals surface area contributed by atoms with E-state index in [2.05, 4.69) is 22.8 Å². The predicted octanol–water partition coefficient (Wildman–Crippen LogP) is 5.02. The van der Waals surface area contributed by atoms with Crippen LogP contribution in [0.15, 0.2) is 72.9 Å². The minimum Gasteiger partial charge on any atom is -0.337 e. The SMILES string of the molecule is Cc1c(-c2cc3ccccc3n2Cc2cccc(F)c2)nc2cc(C(=O)N3CCCC(N)C3)ccn12. The molecule has 6 rings (SSSR count). The molecule has 36 heavy (non-hydrogen) atoms. The van der Waals surface area contributed by atoms with Gasteiger partial charge in [-0.15, -0.1) is 0 Å². The van der Waals surface area contributed by atoms with Crippen molar-refractivity contribution in [2.75, 3.05) is 13.1 Å². The number of nitrogens with two attached hydrogens (primary N) is 1. The van der Waals surface area contributed by atoms with Gasteiger partial charge in [-0.05, 0) is 61.7 Å². The van der Waals surface area contributed by atoms with Crippen LogP contribution < -0.4 is 5.73 Å². The molecule has 0 spiro atoms. The Morgan fingerprint density at radius 3 is 2.81 bits per heavy atom. The summed E-state index contributed by atoms with van der Waals surface area (Å²) in [4.78, 5) is 20.0. The summed E-state index contributed by atoms with van der Waals surface area (Å²) in [5.74, 6) is -0.253. The van der Waals surface area contributed by atoms with Gasteiger partial charge in [-0.25, -0.2) is 9.37 Å². The normalized spacial score (nSPS) is 16.2. The van der Waals surface area contributed by atoms with Crippen LogP contribution in [0.3, 0.4) is 0 Å². The fourth-order valence-electron chi connectivity index (χ4n) is 5.31. The first kappa shape index (κ1) is 22.5. The predicted molar refractivity (Wildman–Crippen MR) is 139 cm³/mol. The maximum absolute atomic E-state index is 13.9. The van der Waals surface area contributed by atoms with Gasteiger partial charge in [0.2, 0.25) is 0 Å². The zero-order chi connectivity index (χ0) is 24.8. The summed E-state index contributed by atoms with van der Waals surface area (Å²) in [5, 5.41) is 1.10. The molecule has 1 saturated heterocycles. The van der Waals surface area contributed by atoms with Gasteiger partial charge in [0.1, 0.15) is 17.2 Å². The monoisotopic (exact) mass is 481 g/mol. The lowest BCUT2D eigenvalue weighted by molar-refractivity contribution is 0.0709. The molecule has 4 heterocycles. The quantitative estimate of drug-likeness (QED) is 0.392. The van der Waals surface area contributed by atoms with E-state index in [4.69, 9.17) is 10.7 Å². The largest absolute Gasteiger partial charge is 0.337 e. The molecule has 2 aromatic carbocycles. The van der Waals surface area contributed by atoms with Gasteiger partial charge >= 0.3 is 0 Å². The number of benzene rings is 2. The van der Waals surface area contributed by atoms with Crippen molar-refractivity contribution < 1.29 is 9.18 Å². The molecular formula is C29H28FN5O. The number of carbonyl (C=O) groups is 1.